The monoisotopic (exact) mass is 270 g/mol. The van der Waals surface area contributed by atoms with Gasteiger partial charge in [-0.15, -0.1) is 13.2 Å². The maximum absolute atomic E-state index is 12.1. The molecule has 1 fully saturated rings. The van der Waals surface area contributed by atoms with Crippen molar-refractivity contribution in [2.45, 2.75) is 37.9 Å². The summed E-state index contributed by atoms with van der Waals surface area (Å²) in [5, 5.41) is 0. The van der Waals surface area contributed by atoms with E-state index in [1.54, 1.807) is 6.08 Å². The highest BCUT2D eigenvalue weighted by molar-refractivity contribution is 5.84. The van der Waals surface area contributed by atoms with E-state index >= 15 is 0 Å². The maximum Gasteiger partial charge on any atom is 0.144 e. The summed E-state index contributed by atoms with van der Waals surface area (Å²) in [5.74, 6) is 0.0796. The number of hydrogen-bond acceptors (Lipinski definition) is 2. The highest BCUT2D eigenvalue weighted by atomic mass is 16.5. The van der Waals surface area contributed by atoms with E-state index in [9.17, 15) is 4.79 Å². The van der Waals surface area contributed by atoms with E-state index in [1.807, 2.05) is 24.3 Å². The highest BCUT2D eigenvalue weighted by Gasteiger charge is 2.34. The van der Waals surface area contributed by atoms with Gasteiger partial charge in [-0.3, -0.25) is 4.79 Å². The molecule has 1 heterocycles. The van der Waals surface area contributed by atoms with Crippen molar-refractivity contribution in [3.63, 3.8) is 0 Å². The number of carbonyl (C=O) groups is 1. The molecule has 2 heteroatoms. The Morgan fingerprint density at radius 1 is 1.25 bits per heavy atom. The zero-order chi connectivity index (χ0) is 14.4. The smallest absolute Gasteiger partial charge is 0.144 e. The SMILES string of the molecule is C=CC[C@H]1CC(=O)C(C=C)[C@@H](CCc2ccccc2)O1. The maximum atomic E-state index is 12.1. The van der Waals surface area contributed by atoms with Crippen molar-refractivity contribution >= 4 is 5.78 Å². The Balaban J connectivity index is 2.00. The molecular weight excluding hydrogens is 248 g/mol. The standard InChI is InChI=1S/C18H22O2/c1-3-8-15-13-17(19)16(4-2)18(20-15)12-11-14-9-6-5-7-10-14/h3-7,9-10,15-16,18H,1-2,8,11-13H2/t15-,16?,18+/m0/s1. The Labute approximate surface area is 121 Å². The van der Waals surface area contributed by atoms with Gasteiger partial charge >= 0.3 is 0 Å². The summed E-state index contributed by atoms with van der Waals surface area (Å²) in [6, 6.07) is 10.3. The lowest BCUT2D eigenvalue weighted by molar-refractivity contribution is -0.142. The van der Waals surface area contributed by atoms with Crippen molar-refractivity contribution in [3.05, 3.63) is 61.2 Å². The van der Waals surface area contributed by atoms with Crippen LogP contribution in [0.25, 0.3) is 0 Å². The molecule has 0 amide bonds. The molecule has 2 rings (SSSR count). The van der Waals surface area contributed by atoms with Crippen molar-refractivity contribution < 1.29 is 9.53 Å². The van der Waals surface area contributed by atoms with Gasteiger partial charge in [0.15, 0.2) is 0 Å². The average Bonchev–Trinajstić information content (AvgIpc) is 2.46. The number of hydrogen-bond donors (Lipinski definition) is 0. The fourth-order valence-corrected chi connectivity index (χ4v) is 2.76. The van der Waals surface area contributed by atoms with E-state index < -0.39 is 0 Å². The topological polar surface area (TPSA) is 26.3 Å². The zero-order valence-electron chi connectivity index (χ0n) is 11.8. The van der Waals surface area contributed by atoms with Gasteiger partial charge in [-0.05, 0) is 24.8 Å². The fourth-order valence-electron chi connectivity index (χ4n) is 2.76. The molecule has 0 aliphatic carbocycles. The number of aryl methyl sites for hydroxylation is 1. The number of rotatable bonds is 6. The molecule has 0 aromatic heterocycles. The minimum atomic E-state index is -0.167. The van der Waals surface area contributed by atoms with E-state index in [0.29, 0.717) is 6.42 Å². The van der Waals surface area contributed by atoms with Gasteiger partial charge in [0.05, 0.1) is 18.1 Å². The molecule has 1 aliphatic rings. The number of benzene rings is 1. The molecule has 1 saturated heterocycles. The molecule has 106 valence electrons. The van der Waals surface area contributed by atoms with Crippen molar-refractivity contribution in [2.75, 3.05) is 0 Å². The number of carbonyl (C=O) groups excluding carboxylic acids is 1. The summed E-state index contributed by atoms with van der Waals surface area (Å²) in [7, 11) is 0. The van der Waals surface area contributed by atoms with E-state index in [-0.39, 0.29) is 23.9 Å². The molecule has 0 N–H and O–H groups in total. The quantitative estimate of drug-likeness (QED) is 0.736. The normalized spacial score (nSPS) is 26.2. The van der Waals surface area contributed by atoms with Gasteiger partial charge in [0.1, 0.15) is 5.78 Å². The van der Waals surface area contributed by atoms with Gasteiger partial charge in [0, 0.05) is 6.42 Å². The Hall–Kier alpha value is -1.67. The molecule has 0 bridgehead atoms. The highest BCUT2D eigenvalue weighted by Crippen LogP contribution is 2.28. The average molecular weight is 270 g/mol. The number of ether oxygens (including phenoxy) is 1. The second kappa shape index (κ2) is 7.20. The molecule has 3 atom stereocenters. The third-order valence-corrected chi connectivity index (χ3v) is 3.81. The van der Waals surface area contributed by atoms with Gasteiger partial charge in [-0.1, -0.05) is 42.5 Å². The van der Waals surface area contributed by atoms with Gasteiger partial charge < -0.3 is 4.74 Å². The second-order valence-electron chi connectivity index (χ2n) is 5.28. The summed E-state index contributed by atoms with van der Waals surface area (Å²) >= 11 is 0. The largest absolute Gasteiger partial charge is 0.373 e. The molecular formula is C18H22O2. The first-order valence-corrected chi connectivity index (χ1v) is 7.20. The first-order valence-electron chi connectivity index (χ1n) is 7.20. The number of Topliss-reactive ketones (excluding diaryl/α,β-unsaturated/α-hetero) is 1. The van der Waals surface area contributed by atoms with Crippen LogP contribution in [0.1, 0.15) is 24.8 Å². The predicted octanol–water partition coefficient (Wildman–Crippen LogP) is 3.72. The zero-order valence-corrected chi connectivity index (χ0v) is 11.8. The third kappa shape index (κ3) is 3.67. The van der Waals surface area contributed by atoms with Crippen LogP contribution in [0.2, 0.25) is 0 Å². The van der Waals surface area contributed by atoms with Gasteiger partial charge in [0.2, 0.25) is 0 Å². The summed E-state index contributed by atoms with van der Waals surface area (Å²) in [6.45, 7) is 7.52. The minimum Gasteiger partial charge on any atom is -0.373 e. The van der Waals surface area contributed by atoms with Crippen LogP contribution >= 0.6 is 0 Å². The second-order valence-corrected chi connectivity index (χ2v) is 5.28. The van der Waals surface area contributed by atoms with E-state index in [4.69, 9.17) is 4.74 Å². The lowest BCUT2D eigenvalue weighted by Crippen LogP contribution is -2.40. The first-order chi connectivity index (χ1) is 9.74. The van der Waals surface area contributed by atoms with Crippen LogP contribution in [0.4, 0.5) is 0 Å². The van der Waals surface area contributed by atoms with Crippen LogP contribution in [0.3, 0.4) is 0 Å². The summed E-state index contributed by atoms with van der Waals surface area (Å²) in [6.07, 6.45) is 6.46. The third-order valence-electron chi connectivity index (χ3n) is 3.81. The summed E-state index contributed by atoms with van der Waals surface area (Å²) in [5.41, 5.74) is 1.28. The van der Waals surface area contributed by atoms with Crippen LogP contribution in [-0.2, 0) is 16.0 Å². The minimum absolute atomic E-state index is 0.0167. The molecule has 2 nitrogen and oxygen atoms in total. The van der Waals surface area contributed by atoms with Gasteiger partial charge in [-0.2, -0.15) is 0 Å². The Bertz CT molecular complexity index is 464. The lowest BCUT2D eigenvalue weighted by Gasteiger charge is -2.34. The van der Waals surface area contributed by atoms with Crippen molar-refractivity contribution in [2.24, 2.45) is 5.92 Å². The molecule has 1 unspecified atom stereocenters. The Kier molecular flexibility index (Phi) is 5.31. The number of ketones is 1. The van der Waals surface area contributed by atoms with Crippen molar-refractivity contribution in [3.8, 4) is 0 Å². The molecule has 0 spiro atoms. The Morgan fingerprint density at radius 3 is 2.65 bits per heavy atom. The lowest BCUT2D eigenvalue weighted by atomic mass is 9.86. The van der Waals surface area contributed by atoms with Crippen molar-refractivity contribution in [1.82, 2.24) is 0 Å². The first kappa shape index (κ1) is 14.7. The van der Waals surface area contributed by atoms with E-state index in [2.05, 4.69) is 25.3 Å². The predicted molar refractivity (Wildman–Crippen MR) is 81.5 cm³/mol. The Morgan fingerprint density at radius 2 is 2.00 bits per heavy atom. The van der Waals surface area contributed by atoms with Crippen LogP contribution in [0.15, 0.2) is 55.6 Å². The molecule has 1 aromatic carbocycles. The molecule has 1 aliphatic heterocycles. The molecule has 0 saturated carbocycles. The summed E-state index contributed by atoms with van der Waals surface area (Å²) < 4.78 is 6.06. The van der Waals surface area contributed by atoms with E-state index in [1.165, 1.54) is 5.56 Å². The van der Waals surface area contributed by atoms with Crippen LogP contribution in [-0.4, -0.2) is 18.0 Å². The molecule has 0 radical (unpaired) electrons. The molecule has 20 heavy (non-hydrogen) atoms. The van der Waals surface area contributed by atoms with Crippen molar-refractivity contribution in [1.29, 1.82) is 0 Å². The van der Waals surface area contributed by atoms with E-state index in [0.717, 1.165) is 19.3 Å². The van der Waals surface area contributed by atoms with Gasteiger partial charge in [-0.25, -0.2) is 0 Å². The fraction of sp³-hybridized carbons (Fsp3) is 0.389. The molecule has 1 aromatic rings. The van der Waals surface area contributed by atoms with Gasteiger partial charge in [0.25, 0.3) is 0 Å². The van der Waals surface area contributed by atoms with Crippen LogP contribution in [0, 0.1) is 5.92 Å². The summed E-state index contributed by atoms with van der Waals surface area (Å²) in [4.78, 5) is 12.1. The van der Waals surface area contributed by atoms with Crippen LogP contribution in [0.5, 0.6) is 0 Å². The van der Waals surface area contributed by atoms with Crippen LogP contribution < -0.4 is 0 Å².